The van der Waals surface area contributed by atoms with Gasteiger partial charge in [0.1, 0.15) is 6.10 Å². The number of rotatable bonds is 2. The zero-order chi connectivity index (χ0) is 18.5. The van der Waals surface area contributed by atoms with Gasteiger partial charge in [0.05, 0.1) is 17.5 Å². The molecule has 3 fully saturated rings. The van der Waals surface area contributed by atoms with Gasteiger partial charge in [-0.05, 0) is 31.0 Å². The normalized spacial score (nSPS) is 31.5. The Morgan fingerprint density at radius 3 is 2.62 bits per heavy atom. The number of fused-ring (bicyclic) bond motifs is 1. The number of anilines is 1. The molecule has 3 atom stereocenters. The summed E-state index contributed by atoms with van der Waals surface area (Å²) < 4.78 is 29.6. The average molecular weight is 435 g/mol. The van der Waals surface area contributed by atoms with Crippen LogP contribution in [0.5, 0.6) is 0 Å². The quantitative estimate of drug-likeness (QED) is 0.711. The van der Waals surface area contributed by atoms with Crippen molar-refractivity contribution < 1.29 is 17.9 Å². The molecule has 0 radical (unpaired) electrons. The lowest BCUT2D eigenvalue weighted by Crippen LogP contribution is -2.38. The Hall–Kier alpha value is -0.800. The van der Waals surface area contributed by atoms with Gasteiger partial charge >= 0.3 is 0 Å². The number of benzene rings is 1. The summed E-state index contributed by atoms with van der Waals surface area (Å²) in [6.07, 6.45) is 0.979. The summed E-state index contributed by atoms with van der Waals surface area (Å²) >= 11 is 13.6. The highest BCUT2D eigenvalue weighted by molar-refractivity contribution is 8.16. The maximum atomic E-state index is 12.4. The van der Waals surface area contributed by atoms with Crippen molar-refractivity contribution in [1.82, 2.24) is 0 Å². The smallest absolute Gasteiger partial charge is 0.277 e. The highest BCUT2D eigenvalue weighted by atomic mass is 35.5. The van der Waals surface area contributed by atoms with Gasteiger partial charge in [-0.3, -0.25) is 4.79 Å². The molecule has 4 rings (SSSR count). The van der Waals surface area contributed by atoms with Crippen molar-refractivity contribution >= 4 is 61.6 Å². The summed E-state index contributed by atoms with van der Waals surface area (Å²) in [7, 11) is -3.13. The van der Waals surface area contributed by atoms with Crippen LogP contribution in [0.3, 0.4) is 0 Å². The third-order valence-electron chi connectivity index (χ3n) is 4.60. The van der Waals surface area contributed by atoms with Gasteiger partial charge in [-0.1, -0.05) is 35.0 Å². The molecule has 0 saturated carbocycles. The van der Waals surface area contributed by atoms with Crippen molar-refractivity contribution in [3.8, 4) is 0 Å². The lowest BCUT2D eigenvalue weighted by atomic mass is 10.2. The van der Waals surface area contributed by atoms with E-state index < -0.39 is 15.9 Å². The van der Waals surface area contributed by atoms with Crippen LogP contribution >= 0.6 is 35.0 Å². The summed E-state index contributed by atoms with van der Waals surface area (Å²) in [4.78, 5) is 18.5. The van der Waals surface area contributed by atoms with Crippen LogP contribution < -0.4 is 4.90 Å². The number of hydrogen-bond acceptors (Lipinski definition) is 5. The molecule has 3 aliphatic rings. The Morgan fingerprint density at radius 2 is 1.96 bits per heavy atom. The van der Waals surface area contributed by atoms with Gasteiger partial charge in [-0.15, -0.1) is 0 Å². The fourth-order valence-electron chi connectivity index (χ4n) is 3.48. The molecule has 0 aliphatic carbocycles. The fourth-order valence-corrected chi connectivity index (χ4v) is 7.92. The summed E-state index contributed by atoms with van der Waals surface area (Å²) in [6, 6.07) is 4.71. The number of amidine groups is 1. The number of carbonyl (C=O) groups is 1. The number of nitrogens with zero attached hydrogens (tertiary/aromatic N) is 2. The number of carbonyl (C=O) groups excluding carboxylic acids is 1. The second kappa shape index (κ2) is 6.98. The molecule has 0 unspecified atom stereocenters. The predicted octanol–water partition coefficient (Wildman–Crippen LogP) is 2.77. The molecule has 140 valence electrons. The van der Waals surface area contributed by atoms with Crippen LogP contribution in [0.1, 0.15) is 12.8 Å². The molecular formula is C16H16Cl2N2O4S2. The first-order valence-corrected chi connectivity index (χ1v) is 11.6. The minimum Gasteiger partial charge on any atom is -0.368 e. The maximum absolute atomic E-state index is 12.4. The molecule has 10 heteroatoms. The Bertz CT molecular complexity index is 864. The number of thioether (sulfide) groups is 1. The minimum atomic E-state index is -3.13. The topological polar surface area (TPSA) is 76.0 Å². The molecule has 3 aliphatic heterocycles. The molecule has 1 aromatic carbocycles. The Kier molecular flexibility index (Phi) is 4.98. The van der Waals surface area contributed by atoms with Crippen molar-refractivity contribution in [2.45, 2.75) is 30.2 Å². The molecule has 1 amide bonds. The molecule has 1 aromatic rings. The molecule has 0 aromatic heterocycles. The first-order valence-electron chi connectivity index (χ1n) is 8.19. The molecule has 26 heavy (non-hydrogen) atoms. The van der Waals surface area contributed by atoms with E-state index in [4.69, 9.17) is 27.9 Å². The highest BCUT2D eigenvalue weighted by Gasteiger charge is 2.49. The van der Waals surface area contributed by atoms with Gasteiger partial charge in [0.25, 0.3) is 5.91 Å². The van der Waals surface area contributed by atoms with E-state index in [1.165, 1.54) is 11.8 Å². The Labute approximate surface area is 165 Å². The Balaban J connectivity index is 1.72. The SMILES string of the molecule is O=C(N=C1S[C@@H]2CS(=O)(=O)C[C@@H]2N1c1cc(Cl)cc(Cl)c1)[C@H]1CCCO1. The minimum absolute atomic E-state index is 0.0158. The molecular weight excluding hydrogens is 419 g/mol. The van der Waals surface area contributed by atoms with Crippen molar-refractivity contribution in [2.24, 2.45) is 4.99 Å². The average Bonchev–Trinajstić information content (AvgIpc) is 3.20. The molecule has 0 bridgehead atoms. The van der Waals surface area contributed by atoms with Crippen LogP contribution in [0.15, 0.2) is 23.2 Å². The van der Waals surface area contributed by atoms with Gasteiger partial charge in [0, 0.05) is 27.6 Å². The molecule has 3 heterocycles. The second-order valence-corrected chi connectivity index (χ2v) is 10.8. The summed E-state index contributed by atoms with van der Waals surface area (Å²) in [5.41, 5.74) is 0.637. The third-order valence-corrected chi connectivity index (χ3v) is 8.25. The van der Waals surface area contributed by atoms with E-state index in [0.717, 1.165) is 6.42 Å². The summed E-state index contributed by atoms with van der Waals surface area (Å²) in [5.74, 6) is -0.242. The monoisotopic (exact) mass is 434 g/mol. The van der Waals surface area contributed by atoms with Gasteiger partial charge in [0.2, 0.25) is 0 Å². The number of halogens is 2. The largest absolute Gasteiger partial charge is 0.368 e. The van der Waals surface area contributed by atoms with E-state index in [-0.39, 0.29) is 28.7 Å². The van der Waals surface area contributed by atoms with E-state index >= 15 is 0 Å². The summed E-state index contributed by atoms with van der Waals surface area (Å²) in [6.45, 7) is 0.561. The van der Waals surface area contributed by atoms with Crippen LogP contribution in [0.4, 0.5) is 5.69 Å². The van der Waals surface area contributed by atoms with Crippen molar-refractivity contribution in [2.75, 3.05) is 23.0 Å². The number of sulfone groups is 1. The zero-order valence-electron chi connectivity index (χ0n) is 13.6. The number of aliphatic imine (C=N–C) groups is 1. The number of hydrogen-bond donors (Lipinski definition) is 0. The van der Waals surface area contributed by atoms with Crippen LogP contribution in [0.25, 0.3) is 0 Å². The predicted molar refractivity (Wildman–Crippen MR) is 104 cm³/mol. The van der Waals surface area contributed by atoms with Crippen molar-refractivity contribution in [3.63, 3.8) is 0 Å². The number of amides is 1. The molecule has 0 spiro atoms. The van der Waals surface area contributed by atoms with Crippen LogP contribution in [0.2, 0.25) is 10.0 Å². The van der Waals surface area contributed by atoms with E-state index in [9.17, 15) is 13.2 Å². The molecule has 3 saturated heterocycles. The molecule has 6 nitrogen and oxygen atoms in total. The van der Waals surface area contributed by atoms with Gasteiger partial charge < -0.3 is 9.64 Å². The van der Waals surface area contributed by atoms with Crippen molar-refractivity contribution in [1.29, 1.82) is 0 Å². The second-order valence-electron chi connectivity index (χ2n) is 6.53. The summed E-state index contributed by atoms with van der Waals surface area (Å²) in [5, 5.41) is 1.18. The lowest BCUT2D eigenvalue weighted by molar-refractivity contribution is -0.126. The van der Waals surface area contributed by atoms with Crippen LogP contribution in [-0.2, 0) is 19.4 Å². The van der Waals surface area contributed by atoms with E-state index in [0.29, 0.717) is 33.9 Å². The van der Waals surface area contributed by atoms with E-state index in [1.807, 2.05) is 0 Å². The zero-order valence-corrected chi connectivity index (χ0v) is 16.7. The Morgan fingerprint density at radius 1 is 1.23 bits per heavy atom. The standard InChI is InChI=1S/C16H16Cl2N2O4S2/c17-9-4-10(18)6-11(5-9)20-12-7-26(22,23)8-14(12)25-16(20)19-15(21)13-2-1-3-24-13/h4-6,12-14H,1-3,7-8H2/t12-,13+,14+/m0/s1. The van der Waals surface area contributed by atoms with Crippen molar-refractivity contribution in [3.05, 3.63) is 28.2 Å². The first-order chi connectivity index (χ1) is 12.3. The highest BCUT2D eigenvalue weighted by Crippen LogP contribution is 2.42. The van der Waals surface area contributed by atoms with Gasteiger partial charge in [-0.25, -0.2) is 8.42 Å². The lowest BCUT2D eigenvalue weighted by Gasteiger charge is -2.25. The first kappa shape index (κ1) is 18.6. The molecule has 0 N–H and O–H groups in total. The maximum Gasteiger partial charge on any atom is 0.277 e. The van der Waals surface area contributed by atoms with Gasteiger partial charge in [0.15, 0.2) is 15.0 Å². The third kappa shape index (κ3) is 3.62. The van der Waals surface area contributed by atoms with E-state index in [1.54, 1.807) is 23.1 Å². The van der Waals surface area contributed by atoms with E-state index in [2.05, 4.69) is 4.99 Å². The van der Waals surface area contributed by atoms with Crippen LogP contribution in [-0.4, -0.2) is 55.0 Å². The van der Waals surface area contributed by atoms with Crippen LogP contribution in [0, 0.1) is 0 Å². The fraction of sp³-hybridized carbons (Fsp3) is 0.500. The number of ether oxygens (including phenoxy) is 1. The van der Waals surface area contributed by atoms with Gasteiger partial charge in [-0.2, -0.15) is 4.99 Å².